The van der Waals surface area contributed by atoms with Crippen molar-refractivity contribution in [2.24, 2.45) is 0 Å². The number of aliphatic hydroxyl groups excluding tert-OH is 2. The molecule has 0 atom stereocenters. The van der Waals surface area contributed by atoms with Gasteiger partial charge in [0.2, 0.25) is 0 Å². The normalized spacial score (nSPS) is 11.2. The van der Waals surface area contributed by atoms with Crippen LogP contribution in [0.2, 0.25) is 0 Å². The maximum absolute atomic E-state index is 12.5. The SMILES string of the molecule is O=c1c2ccccc2nc2ccc(N(CCO)CCO)nn12. The van der Waals surface area contributed by atoms with Gasteiger partial charge in [-0.05, 0) is 24.3 Å². The standard InChI is InChI=1S/C15H16N4O3/c20-9-7-18(8-10-21)14-6-5-13-16-12-4-2-1-3-11(12)15(22)19(13)17-14/h1-6,20-21H,7-10H2. The van der Waals surface area contributed by atoms with E-state index in [-0.39, 0.29) is 18.8 Å². The average molecular weight is 300 g/mol. The minimum Gasteiger partial charge on any atom is -0.395 e. The van der Waals surface area contributed by atoms with Crippen molar-refractivity contribution in [3.05, 3.63) is 46.8 Å². The van der Waals surface area contributed by atoms with Gasteiger partial charge in [-0.3, -0.25) is 4.79 Å². The minimum absolute atomic E-state index is 0.0649. The molecule has 0 fully saturated rings. The lowest BCUT2D eigenvalue weighted by molar-refractivity contribution is 0.280. The molecule has 3 rings (SSSR count). The molecule has 0 saturated carbocycles. The number of rotatable bonds is 5. The molecule has 7 heteroatoms. The third kappa shape index (κ3) is 2.51. The van der Waals surface area contributed by atoms with Gasteiger partial charge in [-0.2, -0.15) is 4.52 Å². The summed E-state index contributed by atoms with van der Waals surface area (Å²) in [5.41, 5.74) is 0.848. The van der Waals surface area contributed by atoms with Crippen molar-refractivity contribution in [3.8, 4) is 0 Å². The van der Waals surface area contributed by atoms with Crippen molar-refractivity contribution in [2.45, 2.75) is 0 Å². The number of para-hydroxylation sites is 1. The zero-order valence-corrected chi connectivity index (χ0v) is 11.9. The molecule has 22 heavy (non-hydrogen) atoms. The average Bonchev–Trinajstić information content (AvgIpc) is 2.55. The van der Waals surface area contributed by atoms with E-state index in [0.29, 0.717) is 35.5 Å². The van der Waals surface area contributed by atoms with Crippen molar-refractivity contribution in [1.29, 1.82) is 0 Å². The van der Waals surface area contributed by atoms with Gasteiger partial charge in [0.25, 0.3) is 5.56 Å². The number of aliphatic hydroxyl groups is 2. The summed E-state index contributed by atoms with van der Waals surface area (Å²) >= 11 is 0. The molecule has 0 aliphatic heterocycles. The van der Waals surface area contributed by atoms with Crippen LogP contribution < -0.4 is 10.5 Å². The molecule has 2 N–H and O–H groups in total. The van der Waals surface area contributed by atoms with Gasteiger partial charge in [0.1, 0.15) is 5.82 Å². The van der Waals surface area contributed by atoms with Crippen molar-refractivity contribution < 1.29 is 10.2 Å². The zero-order chi connectivity index (χ0) is 15.5. The van der Waals surface area contributed by atoms with Gasteiger partial charge >= 0.3 is 0 Å². The minimum atomic E-state index is -0.240. The van der Waals surface area contributed by atoms with Crippen LogP contribution in [0.3, 0.4) is 0 Å². The number of hydrogen-bond acceptors (Lipinski definition) is 6. The smallest absolute Gasteiger partial charge is 0.282 e. The van der Waals surface area contributed by atoms with Gasteiger partial charge in [-0.25, -0.2) is 4.98 Å². The molecular formula is C15H16N4O3. The second-order valence-corrected chi connectivity index (χ2v) is 4.83. The Balaban J connectivity index is 2.18. The molecule has 0 aliphatic rings. The van der Waals surface area contributed by atoms with E-state index in [1.165, 1.54) is 4.52 Å². The highest BCUT2D eigenvalue weighted by Gasteiger charge is 2.11. The van der Waals surface area contributed by atoms with Crippen molar-refractivity contribution in [1.82, 2.24) is 14.6 Å². The molecule has 0 saturated heterocycles. The monoisotopic (exact) mass is 300 g/mol. The van der Waals surface area contributed by atoms with E-state index in [1.54, 1.807) is 35.2 Å². The molecule has 0 spiro atoms. The zero-order valence-electron chi connectivity index (χ0n) is 11.9. The molecular weight excluding hydrogens is 284 g/mol. The van der Waals surface area contributed by atoms with E-state index in [1.807, 2.05) is 6.07 Å². The summed E-state index contributed by atoms with van der Waals surface area (Å²) < 4.78 is 1.25. The number of aromatic nitrogens is 3. The first-order valence-electron chi connectivity index (χ1n) is 7.00. The number of benzene rings is 1. The third-order valence-electron chi connectivity index (χ3n) is 3.43. The molecule has 2 aromatic heterocycles. The van der Waals surface area contributed by atoms with Crippen LogP contribution >= 0.6 is 0 Å². The highest BCUT2D eigenvalue weighted by atomic mass is 16.3. The fourth-order valence-corrected chi connectivity index (χ4v) is 2.38. The van der Waals surface area contributed by atoms with Gasteiger partial charge < -0.3 is 15.1 Å². The third-order valence-corrected chi connectivity index (χ3v) is 3.43. The van der Waals surface area contributed by atoms with E-state index in [0.717, 1.165) is 0 Å². The van der Waals surface area contributed by atoms with Gasteiger partial charge in [-0.1, -0.05) is 12.1 Å². The first-order chi connectivity index (χ1) is 10.7. The maximum atomic E-state index is 12.5. The molecule has 0 amide bonds. The van der Waals surface area contributed by atoms with Crippen LogP contribution in [0, 0.1) is 0 Å². The Morgan fingerprint density at radius 3 is 2.50 bits per heavy atom. The summed E-state index contributed by atoms with van der Waals surface area (Å²) in [5, 5.41) is 23.0. The van der Waals surface area contributed by atoms with Crippen LogP contribution in [0.15, 0.2) is 41.2 Å². The van der Waals surface area contributed by atoms with E-state index in [2.05, 4.69) is 10.1 Å². The molecule has 0 aliphatic carbocycles. The number of fused-ring (bicyclic) bond motifs is 2. The van der Waals surface area contributed by atoms with E-state index < -0.39 is 0 Å². The first-order valence-corrected chi connectivity index (χ1v) is 7.00. The van der Waals surface area contributed by atoms with Gasteiger partial charge in [-0.15, -0.1) is 5.10 Å². The molecule has 0 unspecified atom stereocenters. The lowest BCUT2D eigenvalue weighted by Gasteiger charge is -2.21. The summed E-state index contributed by atoms with van der Waals surface area (Å²) in [6.45, 7) is 0.527. The van der Waals surface area contributed by atoms with E-state index in [4.69, 9.17) is 10.2 Å². The predicted molar refractivity (Wildman–Crippen MR) is 83.1 cm³/mol. The Hall–Kier alpha value is -2.51. The molecule has 7 nitrogen and oxygen atoms in total. The molecule has 0 radical (unpaired) electrons. The number of nitrogens with zero attached hydrogens (tertiary/aromatic N) is 4. The van der Waals surface area contributed by atoms with Crippen molar-refractivity contribution in [2.75, 3.05) is 31.2 Å². The van der Waals surface area contributed by atoms with Crippen LogP contribution in [0.4, 0.5) is 5.82 Å². The largest absolute Gasteiger partial charge is 0.395 e. The predicted octanol–water partition coefficient (Wildman–Crippen LogP) is 0.0337. The van der Waals surface area contributed by atoms with Crippen LogP contribution in [-0.2, 0) is 0 Å². The first kappa shape index (κ1) is 14.4. The summed E-state index contributed by atoms with van der Waals surface area (Å²) in [7, 11) is 0. The van der Waals surface area contributed by atoms with Crippen LogP contribution in [0.5, 0.6) is 0 Å². The molecule has 1 aromatic carbocycles. The summed E-state index contributed by atoms with van der Waals surface area (Å²) in [6, 6.07) is 10.5. The molecule has 114 valence electrons. The fraction of sp³-hybridized carbons (Fsp3) is 0.267. The van der Waals surface area contributed by atoms with Gasteiger partial charge in [0.15, 0.2) is 5.65 Å². The van der Waals surface area contributed by atoms with E-state index in [9.17, 15) is 4.79 Å². The Bertz CT molecular complexity index is 856. The second-order valence-electron chi connectivity index (χ2n) is 4.83. The lowest BCUT2D eigenvalue weighted by atomic mass is 10.2. The second kappa shape index (κ2) is 6.08. The van der Waals surface area contributed by atoms with E-state index >= 15 is 0 Å². The van der Waals surface area contributed by atoms with Crippen molar-refractivity contribution >= 4 is 22.4 Å². The Morgan fingerprint density at radius 2 is 1.77 bits per heavy atom. The Kier molecular flexibility index (Phi) is 3.99. The number of anilines is 1. The van der Waals surface area contributed by atoms with Gasteiger partial charge in [0.05, 0.1) is 24.1 Å². The molecule has 3 aromatic rings. The molecule has 0 bridgehead atoms. The summed E-state index contributed by atoms with van der Waals surface area (Å²) in [6.07, 6.45) is 0. The van der Waals surface area contributed by atoms with Crippen LogP contribution in [0.25, 0.3) is 16.6 Å². The van der Waals surface area contributed by atoms with Crippen LogP contribution in [0.1, 0.15) is 0 Å². The summed E-state index contributed by atoms with van der Waals surface area (Å²) in [4.78, 5) is 18.6. The highest BCUT2D eigenvalue weighted by Crippen LogP contribution is 2.12. The van der Waals surface area contributed by atoms with Crippen molar-refractivity contribution in [3.63, 3.8) is 0 Å². The number of hydrogen-bond donors (Lipinski definition) is 2. The topological polar surface area (TPSA) is 91.0 Å². The Morgan fingerprint density at radius 1 is 1.05 bits per heavy atom. The Labute approximate surface area is 126 Å². The fourth-order valence-electron chi connectivity index (χ4n) is 2.38. The maximum Gasteiger partial charge on any atom is 0.282 e. The molecule has 2 heterocycles. The lowest BCUT2D eigenvalue weighted by Crippen LogP contribution is -2.31. The quantitative estimate of drug-likeness (QED) is 0.646. The van der Waals surface area contributed by atoms with Gasteiger partial charge in [0, 0.05) is 13.1 Å². The summed E-state index contributed by atoms with van der Waals surface area (Å²) in [5.74, 6) is 0.509. The highest BCUT2D eigenvalue weighted by molar-refractivity contribution is 5.79. The van der Waals surface area contributed by atoms with Crippen LogP contribution in [-0.4, -0.2) is 51.1 Å².